The molecule has 0 bridgehead atoms. The largest absolute Gasteiger partial charge is 0.390 e. The molecule has 6 aromatic heterocycles. The summed E-state index contributed by atoms with van der Waals surface area (Å²) in [6.07, 6.45) is 12.4. The van der Waals surface area contributed by atoms with Crippen molar-refractivity contribution in [1.29, 1.82) is 0 Å². The number of terminal acetylenes is 2. The van der Waals surface area contributed by atoms with E-state index in [1.165, 1.54) is 47.1 Å². The Balaban J connectivity index is 0.000000160. The number of alkyl halides is 3. The molecule has 6 N–H and O–H groups in total. The molecule has 0 amide bonds. The molecule has 0 saturated heterocycles. The van der Waals surface area contributed by atoms with Gasteiger partial charge in [-0.15, -0.1) is 24.7 Å². The van der Waals surface area contributed by atoms with Gasteiger partial charge in [-0.2, -0.15) is 13.2 Å². The summed E-state index contributed by atoms with van der Waals surface area (Å²) in [4.78, 5) is 40.3. The molecule has 0 aliphatic rings. The number of hydrogen-bond donors (Lipinski definition) is 3. The van der Waals surface area contributed by atoms with Crippen LogP contribution in [-0.4, -0.2) is 64.7 Å². The quantitative estimate of drug-likeness (QED) is 0.0683. The van der Waals surface area contributed by atoms with Gasteiger partial charge < -0.3 is 30.9 Å². The maximum absolute atomic E-state index is 12.7. The lowest BCUT2D eigenvalue weighted by molar-refractivity contribution is -0.136. The number of nitrogen functional groups attached to an aromatic ring is 3. The molecule has 27 heteroatoms. The van der Waals surface area contributed by atoms with E-state index in [1.54, 1.807) is 36.4 Å². The molecular weight excluding hydrogens is 1130 g/mol. The van der Waals surface area contributed by atoms with Gasteiger partial charge in [-0.05, 0) is 67.4 Å². The van der Waals surface area contributed by atoms with Crippen LogP contribution in [0.2, 0.25) is 30.1 Å². The number of aryl methyl sites for hydroxylation is 3. The first kappa shape index (κ1) is 55.2. The van der Waals surface area contributed by atoms with Gasteiger partial charge in [0.05, 0.1) is 11.4 Å². The average molecular weight is 1160 g/mol. The van der Waals surface area contributed by atoms with Gasteiger partial charge in [0.25, 0.3) is 0 Å². The summed E-state index contributed by atoms with van der Waals surface area (Å²) in [6.45, 7) is 1.03. The Morgan fingerprint density at radius 2 is 0.890 bits per heavy atom. The Kier molecular flexibility index (Phi) is 19.0. The first-order valence-corrected chi connectivity index (χ1v) is 25.9. The molecule has 9 rings (SSSR count). The minimum atomic E-state index is -4.31. The van der Waals surface area contributed by atoms with Crippen LogP contribution in [0, 0.1) is 24.7 Å². The van der Waals surface area contributed by atoms with E-state index < -0.39 is 12.6 Å². The average Bonchev–Trinajstić information content (AvgIpc) is 3.98. The maximum atomic E-state index is 12.7. The minimum absolute atomic E-state index is 0.0988. The van der Waals surface area contributed by atoms with Crippen molar-refractivity contribution in [2.75, 3.05) is 17.2 Å². The van der Waals surface area contributed by atoms with Crippen molar-refractivity contribution in [1.82, 2.24) is 58.6 Å². The molecule has 9 aromatic rings. The number of fused-ring (bicyclic) bond motifs is 3. The van der Waals surface area contributed by atoms with E-state index in [2.05, 4.69) is 56.7 Å². The number of imidazole rings is 3. The van der Waals surface area contributed by atoms with Crippen molar-refractivity contribution in [3.05, 3.63) is 104 Å². The second-order valence-electron chi connectivity index (χ2n) is 15.0. The third-order valence-electron chi connectivity index (χ3n) is 9.79. The molecule has 15 nitrogen and oxygen atoms in total. The molecule has 0 aliphatic carbocycles. The van der Waals surface area contributed by atoms with Crippen molar-refractivity contribution in [2.45, 2.75) is 88.1 Å². The fourth-order valence-corrected chi connectivity index (χ4v) is 11.4. The fourth-order valence-electron chi connectivity index (χ4n) is 6.60. The van der Waals surface area contributed by atoms with Gasteiger partial charge >= 0.3 is 6.18 Å². The monoisotopic (exact) mass is 1160 g/mol. The van der Waals surface area contributed by atoms with Crippen molar-refractivity contribution < 1.29 is 13.2 Å². The molecule has 6 heterocycles. The zero-order chi connectivity index (χ0) is 52.4. The SMILES string of the molecule is C#CCCCn1c(Sc2cc(Cl)cc(Cl)c2)nc2c(N)ncnc21.C#CCCCn1c(Sc2ccc(Cl)cc2Cl)nc2c(N)ncnc21.Nc1ncnc2c1nc(Sc1cc(Cl)cc(Cl)c1)n2CCC(F)(F)F. The predicted octanol–water partition coefficient (Wildman–Crippen LogP) is 13.4. The van der Waals surface area contributed by atoms with Gasteiger partial charge in [-0.25, -0.2) is 44.9 Å². The van der Waals surface area contributed by atoms with Gasteiger partial charge in [-0.1, -0.05) is 105 Å². The Hall–Kier alpha value is -5.59. The Morgan fingerprint density at radius 1 is 0.507 bits per heavy atom. The highest BCUT2D eigenvalue weighted by Crippen LogP contribution is 2.38. The van der Waals surface area contributed by atoms with E-state index in [-0.39, 0.29) is 23.5 Å². The van der Waals surface area contributed by atoms with E-state index in [9.17, 15) is 13.2 Å². The standard InChI is InChI=1S/2C16H13Cl2N5S.C14H10Cl2F3N5S/c1-2-3-4-7-23-15-13(14(19)20-9-21-15)22-16(23)24-12-6-5-10(17)8-11(12)18;1-2-3-4-5-23-15-13(14(19)20-9-21-15)22-16(23)24-12-7-10(17)6-11(18)8-12;15-7-3-8(16)5-9(4-7)25-13-23-10-11(20)21-6-22-12(10)24(13)2-1-14(17,18)19/h1,5-6,8-9H,3-4,7H2,(H2,19,20,21);1,6-9H,3-5H2,(H2,19,20,21);3-6H,1-2H2,(H2,20,21,22). The Morgan fingerprint density at radius 3 is 1.26 bits per heavy atom. The normalized spacial score (nSPS) is 11.3. The molecule has 0 spiro atoms. The molecule has 0 saturated carbocycles. The van der Waals surface area contributed by atoms with Crippen LogP contribution >= 0.6 is 105 Å². The highest BCUT2D eigenvalue weighted by atomic mass is 35.5. The lowest BCUT2D eigenvalue weighted by Gasteiger charge is -2.10. The van der Waals surface area contributed by atoms with Gasteiger partial charge in [0, 0.05) is 72.3 Å². The maximum Gasteiger partial charge on any atom is 0.390 e. The number of benzene rings is 3. The van der Waals surface area contributed by atoms with Gasteiger partial charge in [0.15, 0.2) is 66.4 Å². The summed E-state index contributed by atoms with van der Waals surface area (Å²) in [5, 5.41) is 4.88. The van der Waals surface area contributed by atoms with Crippen molar-refractivity contribution in [3.63, 3.8) is 0 Å². The Bertz CT molecular complexity index is 3480. The van der Waals surface area contributed by atoms with Gasteiger partial charge in [0.2, 0.25) is 0 Å². The summed E-state index contributed by atoms with van der Waals surface area (Å²) in [7, 11) is 0. The summed E-state index contributed by atoms with van der Waals surface area (Å²) in [6, 6.07) is 15.5. The number of hydrogen-bond acceptors (Lipinski definition) is 15. The van der Waals surface area contributed by atoms with E-state index in [0.29, 0.717) is 100 Å². The smallest absolute Gasteiger partial charge is 0.382 e. The van der Waals surface area contributed by atoms with E-state index in [0.717, 1.165) is 44.7 Å². The molecule has 73 heavy (non-hydrogen) atoms. The summed E-state index contributed by atoms with van der Waals surface area (Å²) in [5.74, 6) is 6.08. The third kappa shape index (κ3) is 14.6. The molecule has 0 unspecified atom stereocenters. The van der Waals surface area contributed by atoms with Crippen LogP contribution in [0.25, 0.3) is 33.5 Å². The molecule has 0 atom stereocenters. The number of aromatic nitrogens is 12. The number of nitrogens with two attached hydrogens (primary N) is 3. The number of rotatable bonds is 14. The van der Waals surface area contributed by atoms with Gasteiger partial charge in [-0.3, -0.25) is 0 Å². The minimum Gasteiger partial charge on any atom is -0.382 e. The summed E-state index contributed by atoms with van der Waals surface area (Å²) >= 11 is 40.3. The second-order valence-corrected chi connectivity index (χ2v) is 20.7. The highest BCUT2D eigenvalue weighted by Gasteiger charge is 2.28. The number of anilines is 3. The zero-order valence-corrected chi connectivity index (χ0v) is 44.4. The van der Waals surface area contributed by atoms with E-state index in [1.807, 2.05) is 27.3 Å². The van der Waals surface area contributed by atoms with Crippen LogP contribution in [0.3, 0.4) is 0 Å². The van der Waals surface area contributed by atoms with Crippen LogP contribution < -0.4 is 17.2 Å². The van der Waals surface area contributed by atoms with Crippen LogP contribution in [0.15, 0.2) is 104 Å². The van der Waals surface area contributed by atoms with E-state index in [4.69, 9.17) is 99.7 Å². The van der Waals surface area contributed by atoms with Crippen LogP contribution in [0.1, 0.15) is 32.1 Å². The van der Waals surface area contributed by atoms with Crippen molar-refractivity contribution >= 4 is 156 Å². The van der Waals surface area contributed by atoms with Crippen LogP contribution in [0.4, 0.5) is 30.6 Å². The van der Waals surface area contributed by atoms with Crippen LogP contribution in [0.5, 0.6) is 0 Å². The number of nitrogens with zero attached hydrogens (tertiary/aromatic N) is 12. The van der Waals surface area contributed by atoms with Crippen LogP contribution in [-0.2, 0) is 19.6 Å². The molecule has 0 aliphatic heterocycles. The molecule has 0 fully saturated rings. The zero-order valence-electron chi connectivity index (χ0n) is 37.5. The highest BCUT2D eigenvalue weighted by molar-refractivity contribution is 7.99. The van der Waals surface area contributed by atoms with Crippen molar-refractivity contribution in [3.8, 4) is 24.7 Å². The van der Waals surface area contributed by atoms with E-state index >= 15 is 0 Å². The molecule has 3 aromatic carbocycles. The van der Waals surface area contributed by atoms with Crippen molar-refractivity contribution in [2.24, 2.45) is 0 Å². The topological polar surface area (TPSA) is 209 Å². The molecular formula is C46H36Cl6F3N15S3. The van der Waals surface area contributed by atoms with Gasteiger partial charge in [0.1, 0.15) is 19.0 Å². The first-order valence-electron chi connectivity index (χ1n) is 21.2. The first-order chi connectivity index (χ1) is 34.9. The fraction of sp³-hybridized carbons (Fsp3) is 0.196. The molecule has 376 valence electrons. The Labute approximate surface area is 457 Å². The third-order valence-corrected chi connectivity index (χ3v) is 14.3. The number of unbranched alkanes of at least 4 members (excludes halogenated alkanes) is 2. The summed E-state index contributed by atoms with van der Waals surface area (Å²) < 4.78 is 43.3. The predicted molar refractivity (Wildman–Crippen MR) is 288 cm³/mol. The lowest BCUT2D eigenvalue weighted by Crippen LogP contribution is -2.13. The lowest BCUT2D eigenvalue weighted by atomic mass is 10.3. The second kappa shape index (κ2) is 25.1. The number of halogens is 9. The summed E-state index contributed by atoms with van der Waals surface area (Å²) in [5.41, 5.74) is 20.6. The molecule has 0 radical (unpaired) electrons.